The Morgan fingerprint density at radius 2 is 1.59 bits per heavy atom. The largest absolute Gasteiger partial charge is 0.481 e. The Bertz CT molecular complexity index is 1250. The van der Waals surface area contributed by atoms with E-state index in [1.807, 2.05) is 6.92 Å². The standard InChI is InChI=1S/C27H35F5O8S/c1-12(4-7-21(36)37)15-5-6-16-22-17(10-20(35)25(15,16)3)24(2)11-14(18(33)8-13(24)9-19(22)34)23(26(28,29)30)27(31,32)41(38,39)40/h12-17,22-23H,4-11H2,1-3H3,(H,36,37)(H,38,39,40)/t12-,13?,14?,15-,16?,17?,22?,23?,24+,25-/m1/s1. The number of alkyl halides is 5. The molecule has 0 aromatic rings. The molecule has 10 atom stereocenters. The monoisotopic (exact) mass is 614 g/mol. The van der Waals surface area contributed by atoms with E-state index in [2.05, 4.69) is 0 Å². The molecule has 2 N–H and O–H groups in total. The molecular weight excluding hydrogens is 579 g/mol. The lowest BCUT2D eigenvalue weighted by molar-refractivity contribution is -0.242. The third kappa shape index (κ3) is 4.94. The number of hydrogen-bond donors (Lipinski definition) is 2. The number of aliphatic carboxylic acids is 1. The van der Waals surface area contributed by atoms with Crippen LogP contribution in [0.4, 0.5) is 22.0 Å². The number of carboxylic acid groups (broad SMARTS) is 1. The third-order valence-electron chi connectivity index (χ3n) is 11.3. The van der Waals surface area contributed by atoms with Crippen LogP contribution in [0.15, 0.2) is 0 Å². The minimum Gasteiger partial charge on any atom is -0.481 e. The number of fused-ring (bicyclic) bond motifs is 5. The maximum atomic E-state index is 14.7. The van der Waals surface area contributed by atoms with Gasteiger partial charge in [-0.25, -0.2) is 0 Å². The van der Waals surface area contributed by atoms with E-state index in [1.54, 1.807) is 6.92 Å². The fourth-order valence-corrected chi connectivity index (χ4v) is 9.80. The molecule has 4 saturated carbocycles. The number of carboxylic acids is 1. The summed E-state index contributed by atoms with van der Waals surface area (Å²) in [7, 11) is -6.54. The summed E-state index contributed by atoms with van der Waals surface area (Å²) in [4.78, 5) is 51.5. The van der Waals surface area contributed by atoms with Gasteiger partial charge in [-0.2, -0.15) is 30.4 Å². The molecule has 0 aromatic heterocycles. The van der Waals surface area contributed by atoms with E-state index in [4.69, 9.17) is 9.66 Å². The second-order valence-electron chi connectivity index (χ2n) is 13.2. The minimum absolute atomic E-state index is 0.0959. The van der Waals surface area contributed by atoms with Crippen LogP contribution < -0.4 is 0 Å². The van der Waals surface area contributed by atoms with Crippen molar-refractivity contribution in [2.75, 3.05) is 0 Å². The van der Waals surface area contributed by atoms with Crippen molar-refractivity contribution in [3.8, 4) is 0 Å². The fraction of sp³-hybridized carbons (Fsp3) is 0.852. The predicted molar refractivity (Wildman–Crippen MR) is 132 cm³/mol. The molecule has 0 aliphatic heterocycles. The molecule has 0 saturated heterocycles. The molecule has 0 spiro atoms. The van der Waals surface area contributed by atoms with Crippen molar-refractivity contribution in [3.05, 3.63) is 0 Å². The molecule has 0 heterocycles. The van der Waals surface area contributed by atoms with Crippen molar-refractivity contribution < 1.29 is 59.2 Å². The Morgan fingerprint density at radius 1 is 1.00 bits per heavy atom. The van der Waals surface area contributed by atoms with Gasteiger partial charge in [0.2, 0.25) is 0 Å². The van der Waals surface area contributed by atoms with Crippen LogP contribution in [0, 0.1) is 58.2 Å². The van der Waals surface area contributed by atoms with Gasteiger partial charge in [0.15, 0.2) is 0 Å². The van der Waals surface area contributed by atoms with Crippen LogP contribution in [0.1, 0.15) is 72.1 Å². The number of ketones is 3. The number of carbonyl (C=O) groups excluding carboxylic acids is 3. The molecule has 0 amide bonds. The summed E-state index contributed by atoms with van der Waals surface area (Å²) >= 11 is 0. The molecule has 8 nitrogen and oxygen atoms in total. The van der Waals surface area contributed by atoms with Crippen LogP contribution in [0.25, 0.3) is 0 Å². The lowest BCUT2D eigenvalue weighted by atomic mass is 9.42. The normalized spacial score (nSPS) is 39.5. The zero-order chi connectivity index (χ0) is 31.1. The third-order valence-corrected chi connectivity index (χ3v) is 12.2. The molecule has 4 aliphatic carbocycles. The first-order valence-electron chi connectivity index (χ1n) is 13.8. The van der Waals surface area contributed by atoms with Gasteiger partial charge < -0.3 is 5.11 Å². The molecule has 0 bridgehead atoms. The summed E-state index contributed by atoms with van der Waals surface area (Å²) < 4.78 is 103. The van der Waals surface area contributed by atoms with Gasteiger partial charge in [0.1, 0.15) is 23.3 Å². The van der Waals surface area contributed by atoms with Crippen LogP contribution in [-0.4, -0.2) is 52.8 Å². The highest BCUT2D eigenvalue weighted by molar-refractivity contribution is 7.86. The molecule has 232 valence electrons. The Hall–Kier alpha value is -1.96. The quantitative estimate of drug-likeness (QED) is 0.303. The maximum Gasteiger partial charge on any atom is 0.399 e. The van der Waals surface area contributed by atoms with Crippen molar-refractivity contribution in [2.24, 2.45) is 58.2 Å². The van der Waals surface area contributed by atoms with Crippen molar-refractivity contribution in [3.63, 3.8) is 0 Å². The zero-order valence-electron chi connectivity index (χ0n) is 22.9. The van der Waals surface area contributed by atoms with Gasteiger partial charge in [-0.3, -0.25) is 23.7 Å². The maximum absolute atomic E-state index is 14.7. The van der Waals surface area contributed by atoms with Crippen molar-refractivity contribution in [1.29, 1.82) is 0 Å². The Kier molecular flexibility index (Phi) is 7.84. The topological polar surface area (TPSA) is 143 Å². The molecule has 0 aromatic carbocycles. The highest BCUT2D eigenvalue weighted by Crippen LogP contribution is 2.67. The first-order chi connectivity index (χ1) is 18.6. The van der Waals surface area contributed by atoms with Gasteiger partial charge in [-0.1, -0.05) is 20.8 Å². The highest BCUT2D eigenvalue weighted by Gasteiger charge is 2.71. The molecule has 41 heavy (non-hydrogen) atoms. The van der Waals surface area contributed by atoms with E-state index in [1.165, 1.54) is 6.92 Å². The van der Waals surface area contributed by atoms with Crippen LogP contribution in [0.5, 0.6) is 0 Å². The number of hydrogen-bond acceptors (Lipinski definition) is 6. The van der Waals surface area contributed by atoms with Crippen LogP contribution >= 0.6 is 0 Å². The number of carbonyl (C=O) groups is 4. The van der Waals surface area contributed by atoms with Gasteiger partial charge in [0.25, 0.3) is 0 Å². The average Bonchev–Trinajstić information content (AvgIpc) is 3.16. The van der Waals surface area contributed by atoms with Gasteiger partial charge in [-0.15, -0.1) is 0 Å². The lowest BCUT2D eigenvalue weighted by Crippen LogP contribution is -2.62. The summed E-state index contributed by atoms with van der Waals surface area (Å²) in [6.45, 7) is 5.11. The van der Waals surface area contributed by atoms with Gasteiger partial charge in [0, 0.05) is 42.9 Å². The summed E-state index contributed by atoms with van der Waals surface area (Å²) in [5.41, 5.74) is -2.31. The smallest absolute Gasteiger partial charge is 0.399 e. The summed E-state index contributed by atoms with van der Waals surface area (Å²) in [5.74, 6) is -12.5. The second-order valence-corrected chi connectivity index (χ2v) is 14.6. The molecule has 4 aliphatic rings. The molecule has 0 radical (unpaired) electrons. The van der Waals surface area contributed by atoms with E-state index < -0.39 is 92.5 Å². The average molecular weight is 615 g/mol. The molecular formula is C27H35F5O8S. The minimum atomic E-state index is -6.54. The fourth-order valence-electron chi connectivity index (χ4n) is 9.18. The lowest BCUT2D eigenvalue weighted by Gasteiger charge is -2.60. The van der Waals surface area contributed by atoms with Gasteiger partial charge in [-0.05, 0) is 60.7 Å². The van der Waals surface area contributed by atoms with Crippen LogP contribution in [0.2, 0.25) is 0 Å². The molecule has 6 unspecified atom stereocenters. The van der Waals surface area contributed by atoms with E-state index in [0.717, 1.165) is 0 Å². The Labute approximate surface area is 234 Å². The number of halogens is 5. The summed E-state index contributed by atoms with van der Waals surface area (Å²) in [6.07, 6.45) is -6.51. The van der Waals surface area contributed by atoms with E-state index in [0.29, 0.717) is 19.3 Å². The van der Waals surface area contributed by atoms with Gasteiger partial charge >= 0.3 is 27.5 Å². The number of rotatable bonds is 7. The molecule has 4 fully saturated rings. The SMILES string of the molecule is C[C@H](CCC(=O)O)[C@H]1CCC2C3C(=O)CC4CC(=O)C(C(C(F)(F)F)C(F)(F)S(=O)(=O)O)C[C@]4(C)C3CC(=O)[C@@]21C. The van der Waals surface area contributed by atoms with Crippen LogP contribution in [-0.2, 0) is 29.3 Å². The van der Waals surface area contributed by atoms with Crippen molar-refractivity contribution in [1.82, 2.24) is 0 Å². The molecule has 4 rings (SSSR count). The van der Waals surface area contributed by atoms with E-state index in [9.17, 15) is 49.5 Å². The first kappa shape index (κ1) is 32.0. The van der Waals surface area contributed by atoms with Crippen molar-refractivity contribution >= 4 is 33.4 Å². The zero-order valence-corrected chi connectivity index (χ0v) is 23.7. The molecule has 14 heteroatoms. The summed E-state index contributed by atoms with van der Waals surface area (Å²) in [5, 5.41) is 3.42. The van der Waals surface area contributed by atoms with Crippen molar-refractivity contribution in [2.45, 2.75) is 83.6 Å². The van der Waals surface area contributed by atoms with E-state index >= 15 is 0 Å². The first-order valence-corrected chi connectivity index (χ1v) is 15.2. The second kappa shape index (κ2) is 10.1. The number of Topliss-reactive ketones (excluding diaryl/α,β-unsaturated/α-hetero) is 3. The predicted octanol–water partition coefficient (Wildman–Crippen LogP) is 4.96. The Morgan fingerprint density at radius 3 is 2.12 bits per heavy atom. The summed E-state index contributed by atoms with van der Waals surface area (Å²) in [6, 6.07) is 0. The van der Waals surface area contributed by atoms with Gasteiger partial charge in [0.05, 0.1) is 0 Å². The van der Waals surface area contributed by atoms with Crippen LogP contribution in [0.3, 0.4) is 0 Å². The highest BCUT2D eigenvalue weighted by atomic mass is 32.2. The Balaban J connectivity index is 1.72. The van der Waals surface area contributed by atoms with E-state index in [-0.39, 0.29) is 42.7 Å².